The van der Waals surface area contributed by atoms with Gasteiger partial charge in [0, 0.05) is 35.3 Å². The number of aromatic nitrogens is 4. The van der Waals surface area contributed by atoms with Crippen molar-refractivity contribution in [2.45, 2.75) is 31.5 Å². The zero-order chi connectivity index (χ0) is 21.3. The number of pyridine rings is 1. The van der Waals surface area contributed by atoms with E-state index in [4.69, 9.17) is 11.6 Å². The van der Waals surface area contributed by atoms with Gasteiger partial charge in [-0.3, -0.25) is 9.78 Å². The molecule has 1 amide bonds. The van der Waals surface area contributed by atoms with Crippen LogP contribution in [0.5, 0.6) is 0 Å². The van der Waals surface area contributed by atoms with Crippen molar-refractivity contribution in [3.05, 3.63) is 35.9 Å². The van der Waals surface area contributed by atoms with Gasteiger partial charge in [-0.05, 0) is 25.3 Å². The highest BCUT2D eigenvalue weighted by Gasteiger charge is 2.33. The van der Waals surface area contributed by atoms with Gasteiger partial charge in [-0.1, -0.05) is 11.6 Å². The minimum absolute atomic E-state index is 0.0738. The highest BCUT2D eigenvalue weighted by molar-refractivity contribution is 6.31. The molecule has 2 atom stereocenters. The molecule has 3 aromatic rings. The number of aromatic amines is 1. The molecule has 3 aromatic heterocycles. The van der Waals surface area contributed by atoms with Crippen LogP contribution in [0.25, 0.3) is 22.3 Å². The molecule has 0 saturated heterocycles. The number of carbonyl (C=O) groups excluding carboxylic acids is 1. The fraction of sp³-hybridized carbons (Fsp3) is 0.368. The summed E-state index contributed by atoms with van der Waals surface area (Å²) >= 11 is 6.05. The average Bonchev–Trinajstić information content (AvgIpc) is 3.32. The molecule has 4 rings (SSSR count). The van der Waals surface area contributed by atoms with Crippen LogP contribution in [-0.2, 0) is 4.79 Å². The predicted molar refractivity (Wildman–Crippen MR) is 106 cm³/mol. The second kappa shape index (κ2) is 8.10. The quantitative estimate of drug-likeness (QED) is 0.561. The van der Waals surface area contributed by atoms with Gasteiger partial charge >= 0.3 is 6.18 Å². The first-order valence-corrected chi connectivity index (χ1v) is 9.72. The first-order valence-electron chi connectivity index (χ1n) is 9.34. The Morgan fingerprint density at radius 3 is 2.90 bits per heavy atom. The molecule has 1 saturated carbocycles. The molecule has 0 unspecified atom stereocenters. The van der Waals surface area contributed by atoms with E-state index in [1.54, 1.807) is 30.9 Å². The lowest BCUT2D eigenvalue weighted by Crippen LogP contribution is -2.37. The molecule has 1 aliphatic rings. The van der Waals surface area contributed by atoms with Crippen LogP contribution >= 0.6 is 11.6 Å². The summed E-state index contributed by atoms with van der Waals surface area (Å²) in [5.74, 6) is -0.499. The highest BCUT2D eigenvalue weighted by atomic mass is 35.5. The Kier molecular flexibility index (Phi) is 5.50. The molecule has 0 radical (unpaired) electrons. The van der Waals surface area contributed by atoms with Gasteiger partial charge in [0.15, 0.2) is 0 Å². The third-order valence-corrected chi connectivity index (χ3v) is 5.23. The number of H-pyrrole nitrogens is 1. The summed E-state index contributed by atoms with van der Waals surface area (Å²) in [5.41, 5.74) is 2.10. The fourth-order valence-corrected chi connectivity index (χ4v) is 3.80. The summed E-state index contributed by atoms with van der Waals surface area (Å²) < 4.78 is 36.9. The van der Waals surface area contributed by atoms with Crippen molar-refractivity contribution >= 4 is 34.4 Å². The van der Waals surface area contributed by atoms with Gasteiger partial charge in [0.25, 0.3) is 0 Å². The summed E-state index contributed by atoms with van der Waals surface area (Å²) in [6.45, 7) is -1.31. The van der Waals surface area contributed by atoms with Crippen LogP contribution in [0, 0.1) is 5.92 Å². The number of anilines is 1. The molecule has 0 aromatic carbocycles. The van der Waals surface area contributed by atoms with Crippen molar-refractivity contribution in [1.29, 1.82) is 0 Å². The molecule has 0 aliphatic heterocycles. The minimum Gasteiger partial charge on any atom is -0.366 e. The van der Waals surface area contributed by atoms with E-state index in [1.807, 2.05) is 5.32 Å². The van der Waals surface area contributed by atoms with E-state index in [9.17, 15) is 18.0 Å². The first kappa shape index (κ1) is 20.4. The molecule has 3 heterocycles. The maximum Gasteiger partial charge on any atom is 0.405 e. The summed E-state index contributed by atoms with van der Waals surface area (Å²) in [6, 6.07) is 1.72. The monoisotopic (exact) mass is 438 g/mol. The van der Waals surface area contributed by atoms with Crippen molar-refractivity contribution in [3.8, 4) is 11.3 Å². The third kappa shape index (κ3) is 4.64. The smallest absolute Gasteiger partial charge is 0.366 e. The Bertz CT molecular complexity index is 1070. The minimum atomic E-state index is -4.41. The molecule has 0 bridgehead atoms. The van der Waals surface area contributed by atoms with Gasteiger partial charge in [0.1, 0.15) is 18.0 Å². The van der Waals surface area contributed by atoms with Gasteiger partial charge in [-0.15, -0.1) is 0 Å². The van der Waals surface area contributed by atoms with Crippen LogP contribution in [-0.4, -0.2) is 44.6 Å². The molecular weight excluding hydrogens is 421 g/mol. The number of rotatable bonds is 5. The first-order chi connectivity index (χ1) is 14.3. The Hall–Kier alpha value is -2.88. The van der Waals surface area contributed by atoms with Crippen LogP contribution < -0.4 is 10.6 Å². The molecule has 11 heteroatoms. The van der Waals surface area contributed by atoms with Gasteiger partial charge in [-0.2, -0.15) is 13.2 Å². The van der Waals surface area contributed by atoms with E-state index >= 15 is 0 Å². The van der Waals surface area contributed by atoms with Crippen molar-refractivity contribution in [3.63, 3.8) is 0 Å². The van der Waals surface area contributed by atoms with Crippen molar-refractivity contribution in [2.75, 3.05) is 11.9 Å². The molecular formula is C19H18ClF3N6O. The SMILES string of the molecule is O=C(NCC(F)(F)F)[C@H]1CC[C@@H](Nc2cncc(-c3c[nH]c4ncc(Cl)cc34)n2)C1. The lowest BCUT2D eigenvalue weighted by Gasteiger charge is -2.15. The average molecular weight is 439 g/mol. The number of hydrogen-bond acceptors (Lipinski definition) is 5. The number of carbonyl (C=O) groups is 1. The number of amides is 1. The number of nitrogens with zero attached hydrogens (tertiary/aromatic N) is 3. The summed E-state index contributed by atoms with van der Waals surface area (Å²) in [7, 11) is 0. The molecule has 7 nitrogen and oxygen atoms in total. The second-order valence-electron chi connectivity index (χ2n) is 7.23. The normalized spacial score (nSPS) is 19.2. The molecule has 158 valence electrons. The molecule has 3 N–H and O–H groups in total. The number of halogens is 4. The Morgan fingerprint density at radius 2 is 2.10 bits per heavy atom. The van der Waals surface area contributed by atoms with E-state index in [2.05, 4.69) is 25.3 Å². The maximum atomic E-state index is 12.3. The van der Waals surface area contributed by atoms with E-state index in [0.717, 1.165) is 10.9 Å². The Morgan fingerprint density at radius 1 is 1.27 bits per heavy atom. The zero-order valence-electron chi connectivity index (χ0n) is 15.6. The maximum absolute atomic E-state index is 12.3. The number of alkyl halides is 3. The van der Waals surface area contributed by atoms with Crippen molar-refractivity contribution < 1.29 is 18.0 Å². The van der Waals surface area contributed by atoms with Crippen molar-refractivity contribution in [2.24, 2.45) is 5.92 Å². The van der Waals surface area contributed by atoms with Crippen LogP contribution in [0.4, 0.5) is 19.0 Å². The lowest BCUT2D eigenvalue weighted by molar-refractivity contribution is -0.140. The molecule has 1 aliphatic carbocycles. The van der Waals surface area contributed by atoms with Gasteiger partial charge < -0.3 is 15.6 Å². The topological polar surface area (TPSA) is 95.6 Å². The van der Waals surface area contributed by atoms with E-state index < -0.39 is 24.5 Å². The van der Waals surface area contributed by atoms with Gasteiger partial charge in [0.2, 0.25) is 5.91 Å². The Balaban J connectivity index is 1.43. The zero-order valence-corrected chi connectivity index (χ0v) is 16.4. The van der Waals surface area contributed by atoms with Crippen LogP contribution in [0.2, 0.25) is 5.02 Å². The fourth-order valence-electron chi connectivity index (χ4n) is 3.65. The predicted octanol–water partition coefficient (Wildman–Crippen LogP) is 3.93. The number of hydrogen-bond donors (Lipinski definition) is 3. The van der Waals surface area contributed by atoms with Gasteiger partial charge in [0.05, 0.1) is 23.1 Å². The molecule has 1 fully saturated rings. The summed E-state index contributed by atoms with van der Waals surface area (Å²) in [5, 5.41) is 6.51. The number of fused-ring (bicyclic) bond motifs is 1. The highest BCUT2D eigenvalue weighted by Crippen LogP contribution is 2.30. The lowest BCUT2D eigenvalue weighted by atomic mass is 10.1. The number of nitrogens with one attached hydrogen (secondary N) is 3. The second-order valence-corrected chi connectivity index (χ2v) is 7.66. The van der Waals surface area contributed by atoms with E-state index in [1.165, 1.54) is 0 Å². The van der Waals surface area contributed by atoms with Crippen LogP contribution in [0.15, 0.2) is 30.9 Å². The van der Waals surface area contributed by atoms with Crippen LogP contribution in [0.1, 0.15) is 19.3 Å². The standard InChI is InChI=1S/C19H18ClF3N6O/c20-11-4-13-14(6-26-17(13)25-5-11)15-7-24-8-16(29-15)28-12-2-1-10(3-12)18(30)27-9-19(21,22)23/h4-8,10,12H,1-3,9H2,(H,25,26)(H,27,30)(H,28,29)/t10-,12+/m0/s1. The van der Waals surface area contributed by atoms with Crippen LogP contribution in [0.3, 0.4) is 0 Å². The molecule has 0 spiro atoms. The van der Waals surface area contributed by atoms with E-state index in [0.29, 0.717) is 41.4 Å². The third-order valence-electron chi connectivity index (χ3n) is 5.03. The summed E-state index contributed by atoms with van der Waals surface area (Å²) in [6.07, 6.45) is 3.71. The van der Waals surface area contributed by atoms with E-state index in [-0.39, 0.29) is 6.04 Å². The van der Waals surface area contributed by atoms with Crippen molar-refractivity contribution in [1.82, 2.24) is 25.3 Å². The molecule has 30 heavy (non-hydrogen) atoms. The van der Waals surface area contributed by atoms with Gasteiger partial charge in [-0.25, -0.2) is 9.97 Å². The Labute approximate surface area is 174 Å². The summed E-state index contributed by atoms with van der Waals surface area (Å²) in [4.78, 5) is 28.1. The largest absolute Gasteiger partial charge is 0.405 e.